The van der Waals surface area contributed by atoms with E-state index in [-0.39, 0.29) is 16.7 Å². The fourth-order valence-electron chi connectivity index (χ4n) is 1.74. The lowest BCUT2D eigenvalue weighted by Gasteiger charge is -2.07. The molecule has 0 unspecified atom stereocenters. The minimum Gasteiger partial charge on any atom is -0.338 e. The molecular formula is C12H7ClFN5O. The first-order valence-corrected chi connectivity index (χ1v) is 5.94. The summed E-state index contributed by atoms with van der Waals surface area (Å²) in [5.41, 5.74) is 0.267. The van der Waals surface area contributed by atoms with E-state index in [4.69, 9.17) is 11.6 Å². The van der Waals surface area contributed by atoms with Gasteiger partial charge in [-0.3, -0.25) is 4.79 Å². The van der Waals surface area contributed by atoms with E-state index in [1.165, 1.54) is 6.20 Å². The van der Waals surface area contributed by atoms with E-state index < -0.39 is 5.82 Å². The van der Waals surface area contributed by atoms with Gasteiger partial charge >= 0.3 is 0 Å². The quantitative estimate of drug-likeness (QED) is 0.708. The van der Waals surface area contributed by atoms with Gasteiger partial charge in [0.25, 0.3) is 5.56 Å². The first-order chi connectivity index (χ1) is 9.63. The molecule has 6 nitrogen and oxygen atoms in total. The number of aromatic nitrogens is 4. The van der Waals surface area contributed by atoms with Crippen molar-refractivity contribution in [1.29, 1.82) is 0 Å². The zero-order valence-electron chi connectivity index (χ0n) is 9.89. The van der Waals surface area contributed by atoms with Crippen LogP contribution in [0.25, 0.3) is 10.8 Å². The number of hydrogen-bond acceptors (Lipinski definition) is 5. The number of H-pyrrole nitrogens is 1. The van der Waals surface area contributed by atoms with Crippen LogP contribution in [0.1, 0.15) is 0 Å². The predicted octanol–water partition coefficient (Wildman–Crippen LogP) is 2.25. The highest BCUT2D eigenvalue weighted by Crippen LogP contribution is 2.21. The van der Waals surface area contributed by atoms with Crippen LogP contribution in [0.3, 0.4) is 0 Å². The molecule has 0 saturated carbocycles. The molecule has 0 radical (unpaired) electrons. The van der Waals surface area contributed by atoms with Gasteiger partial charge in [-0.15, -0.1) is 0 Å². The largest absolute Gasteiger partial charge is 0.338 e. The maximum atomic E-state index is 13.5. The minimum absolute atomic E-state index is 0.0397. The minimum atomic E-state index is -0.626. The van der Waals surface area contributed by atoms with Gasteiger partial charge < -0.3 is 5.32 Å². The van der Waals surface area contributed by atoms with Gasteiger partial charge in [0.05, 0.1) is 17.8 Å². The van der Waals surface area contributed by atoms with Gasteiger partial charge in [-0.05, 0) is 29.8 Å². The van der Waals surface area contributed by atoms with Crippen molar-refractivity contribution in [3.63, 3.8) is 0 Å². The Morgan fingerprint density at radius 3 is 3.00 bits per heavy atom. The van der Waals surface area contributed by atoms with E-state index in [1.807, 2.05) is 0 Å². The Balaban J connectivity index is 2.03. The molecule has 2 aromatic heterocycles. The van der Waals surface area contributed by atoms with Crippen LogP contribution in [0, 0.1) is 5.82 Å². The monoisotopic (exact) mass is 291 g/mol. The molecule has 3 aromatic rings. The Labute approximate surface area is 116 Å². The van der Waals surface area contributed by atoms with Crippen LogP contribution in [0.15, 0.2) is 35.4 Å². The molecule has 100 valence electrons. The van der Waals surface area contributed by atoms with Crippen LogP contribution in [0.5, 0.6) is 0 Å². The first-order valence-electron chi connectivity index (χ1n) is 5.56. The number of hydrogen-bond donors (Lipinski definition) is 2. The summed E-state index contributed by atoms with van der Waals surface area (Å²) in [6, 6.07) is 4.90. The van der Waals surface area contributed by atoms with Crippen LogP contribution < -0.4 is 10.9 Å². The van der Waals surface area contributed by atoms with Crippen molar-refractivity contribution >= 4 is 33.9 Å². The number of aromatic amines is 1. The van der Waals surface area contributed by atoms with Crippen LogP contribution in [0.2, 0.25) is 5.28 Å². The standard InChI is InChI=1S/C12H7ClFN5O/c13-12-15-5-9(14)10(18-12)17-7-1-2-8-6(3-7)4-16-19-11(8)20/h1-5H,(H,19,20)(H,15,17,18). The number of nitrogens with zero attached hydrogens (tertiary/aromatic N) is 3. The number of halogens is 2. The number of rotatable bonds is 2. The van der Waals surface area contributed by atoms with Crippen molar-refractivity contribution in [1.82, 2.24) is 20.2 Å². The molecule has 0 atom stereocenters. The van der Waals surface area contributed by atoms with Gasteiger partial charge in [0.2, 0.25) is 5.28 Å². The van der Waals surface area contributed by atoms with Crippen LogP contribution >= 0.6 is 11.6 Å². The number of nitrogens with one attached hydrogen (secondary N) is 2. The van der Waals surface area contributed by atoms with Crippen molar-refractivity contribution in [3.8, 4) is 0 Å². The molecule has 8 heteroatoms. The van der Waals surface area contributed by atoms with Gasteiger partial charge in [-0.2, -0.15) is 10.1 Å². The van der Waals surface area contributed by atoms with Gasteiger partial charge in [0, 0.05) is 11.1 Å². The van der Waals surface area contributed by atoms with E-state index in [1.54, 1.807) is 18.2 Å². The second-order valence-corrected chi connectivity index (χ2v) is 4.30. The Morgan fingerprint density at radius 1 is 1.30 bits per heavy atom. The molecule has 20 heavy (non-hydrogen) atoms. The summed E-state index contributed by atoms with van der Waals surface area (Å²) in [5, 5.41) is 9.87. The Hall–Kier alpha value is -2.54. The average molecular weight is 292 g/mol. The lowest BCUT2D eigenvalue weighted by molar-refractivity contribution is 0.619. The van der Waals surface area contributed by atoms with Gasteiger partial charge in [-0.1, -0.05) is 0 Å². The molecule has 0 bridgehead atoms. The van der Waals surface area contributed by atoms with E-state index in [9.17, 15) is 9.18 Å². The molecule has 2 heterocycles. The van der Waals surface area contributed by atoms with Crippen LogP contribution in [-0.4, -0.2) is 20.2 Å². The third-order valence-corrected chi connectivity index (χ3v) is 2.83. The van der Waals surface area contributed by atoms with E-state index in [0.29, 0.717) is 16.5 Å². The summed E-state index contributed by atoms with van der Waals surface area (Å²) in [5.74, 6) is -0.666. The summed E-state index contributed by atoms with van der Waals surface area (Å²) < 4.78 is 13.5. The molecule has 0 aliphatic rings. The number of fused-ring (bicyclic) bond motifs is 1. The first kappa shape index (κ1) is 12.5. The molecule has 0 spiro atoms. The fraction of sp³-hybridized carbons (Fsp3) is 0. The summed E-state index contributed by atoms with van der Waals surface area (Å²) in [6.07, 6.45) is 2.48. The molecule has 1 aromatic carbocycles. The second-order valence-electron chi connectivity index (χ2n) is 3.96. The van der Waals surface area contributed by atoms with Crippen molar-refractivity contribution in [2.45, 2.75) is 0 Å². The maximum absolute atomic E-state index is 13.5. The van der Waals surface area contributed by atoms with Crippen molar-refractivity contribution in [3.05, 3.63) is 52.0 Å². The highest BCUT2D eigenvalue weighted by atomic mass is 35.5. The third-order valence-electron chi connectivity index (χ3n) is 2.64. The highest BCUT2D eigenvalue weighted by Gasteiger charge is 2.07. The zero-order chi connectivity index (χ0) is 14.1. The molecule has 2 N–H and O–H groups in total. The average Bonchev–Trinajstić information content (AvgIpc) is 2.43. The van der Waals surface area contributed by atoms with Crippen LogP contribution in [0.4, 0.5) is 15.9 Å². The molecule has 0 aliphatic carbocycles. The summed E-state index contributed by atoms with van der Waals surface area (Å²) in [6.45, 7) is 0. The van der Waals surface area contributed by atoms with Gasteiger partial charge in [-0.25, -0.2) is 14.5 Å². The molecular weight excluding hydrogens is 285 g/mol. The van der Waals surface area contributed by atoms with Gasteiger partial charge in [0.15, 0.2) is 11.6 Å². The number of benzene rings is 1. The van der Waals surface area contributed by atoms with E-state index in [2.05, 4.69) is 25.5 Å². The smallest absolute Gasteiger partial charge is 0.272 e. The summed E-state index contributed by atoms with van der Waals surface area (Å²) >= 11 is 5.61. The summed E-state index contributed by atoms with van der Waals surface area (Å²) in [4.78, 5) is 18.8. The van der Waals surface area contributed by atoms with Crippen molar-refractivity contribution in [2.24, 2.45) is 0 Å². The maximum Gasteiger partial charge on any atom is 0.272 e. The lowest BCUT2D eigenvalue weighted by Crippen LogP contribution is -2.07. The summed E-state index contributed by atoms with van der Waals surface area (Å²) in [7, 11) is 0. The van der Waals surface area contributed by atoms with E-state index in [0.717, 1.165) is 6.20 Å². The molecule has 0 saturated heterocycles. The zero-order valence-corrected chi connectivity index (χ0v) is 10.6. The predicted molar refractivity (Wildman–Crippen MR) is 72.6 cm³/mol. The topological polar surface area (TPSA) is 83.6 Å². The molecule has 3 rings (SSSR count). The van der Waals surface area contributed by atoms with Crippen molar-refractivity contribution in [2.75, 3.05) is 5.32 Å². The van der Waals surface area contributed by atoms with Crippen molar-refractivity contribution < 1.29 is 4.39 Å². The van der Waals surface area contributed by atoms with Gasteiger partial charge in [0.1, 0.15) is 0 Å². The van der Waals surface area contributed by atoms with E-state index >= 15 is 0 Å². The Morgan fingerprint density at radius 2 is 2.15 bits per heavy atom. The molecule has 0 amide bonds. The molecule has 0 aliphatic heterocycles. The lowest BCUT2D eigenvalue weighted by atomic mass is 10.2. The SMILES string of the molecule is O=c1[nH]ncc2cc(Nc3nc(Cl)ncc3F)ccc12. The Kier molecular flexibility index (Phi) is 3.03. The third kappa shape index (κ3) is 2.30. The second kappa shape index (κ2) is 4.86. The fourth-order valence-corrected chi connectivity index (χ4v) is 1.88. The normalized spacial score (nSPS) is 10.7. The molecule has 0 fully saturated rings. The Bertz CT molecular complexity index is 851. The number of anilines is 2. The highest BCUT2D eigenvalue weighted by molar-refractivity contribution is 6.28. The van der Waals surface area contributed by atoms with Crippen LogP contribution in [-0.2, 0) is 0 Å².